The van der Waals surface area contributed by atoms with E-state index in [-0.39, 0.29) is 30.5 Å². The van der Waals surface area contributed by atoms with Crippen LogP contribution in [-0.4, -0.2) is 40.6 Å². The summed E-state index contributed by atoms with van der Waals surface area (Å²) >= 11 is 6.10. The first-order valence-corrected chi connectivity index (χ1v) is 11.0. The molecule has 9 heteroatoms. The van der Waals surface area contributed by atoms with Gasteiger partial charge in [-0.25, -0.2) is 13.1 Å². The number of amides is 1. The maximum absolute atomic E-state index is 12.2. The van der Waals surface area contributed by atoms with Crippen LogP contribution in [0.15, 0.2) is 41.3 Å². The van der Waals surface area contributed by atoms with Crippen LogP contribution in [0.1, 0.15) is 18.1 Å². The van der Waals surface area contributed by atoms with Crippen LogP contribution in [0.25, 0.3) is 0 Å². The molecule has 0 saturated heterocycles. The van der Waals surface area contributed by atoms with Crippen LogP contribution in [-0.2, 0) is 14.8 Å². The Hall–Kier alpha value is -2.29. The number of carbonyl (C=O) groups is 1. The van der Waals surface area contributed by atoms with Crippen LogP contribution in [0.5, 0.6) is 11.5 Å². The molecular formula is C20H25ClN2O5S. The van der Waals surface area contributed by atoms with Gasteiger partial charge in [-0.15, -0.1) is 0 Å². The zero-order chi connectivity index (χ0) is 21.4. The van der Waals surface area contributed by atoms with Gasteiger partial charge in [-0.1, -0.05) is 11.6 Å². The number of ether oxygens (including phenoxy) is 2. The highest BCUT2D eigenvalue weighted by atomic mass is 35.5. The Kier molecular flexibility index (Phi) is 8.31. The van der Waals surface area contributed by atoms with Crippen molar-refractivity contribution in [2.24, 2.45) is 0 Å². The zero-order valence-corrected chi connectivity index (χ0v) is 18.2. The third kappa shape index (κ3) is 6.92. The summed E-state index contributed by atoms with van der Waals surface area (Å²) in [7, 11) is -3.66. The normalized spacial score (nSPS) is 11.2. The van der Waals surface area contributed by atoms with Crippen LogP contribution in [0, 0.1) is 13.8 Å². The Balaban J connectivity index is 1.75. The van der Waals surface area contributed by atoms with Crippen LogP contribution in [0.4, 0.5) is 0 Å². The molecule has 0 aliphatic heterocycles. The highest BCUT2D eigenvalue weighted by molar-refractivity contribution is 7.89. The molecule has 0 bridgehead atoms. The highest BCUT2D eigenvalue weighted by Crippen LogP contribution is 2.25. The predicted octanol–water partition coefficient (Wildman–Crippen LogP) is 2.83. The summed E-state index contributed by atoms with van der Waals surface area (Å²) in [5.74, 6) is 0.802. The van der Waals surface area contributed by atoms with E-state index in [1.807, 2.05) is 20.8 Å². The van der Waals surface area contributed by atoms with E-state index in [1.165, 1.54) is 12.1 Å². The van der Waals surface area contributed by atoms with Crippen molar-refractivity contribution >= 4 is 27.5 Å². The lowest BCUT2D eigenvalue weighted by atomic mass is 10.1. The molecule has 2 rings (SSSR count). The molecule has 2 aromatic carbocycles. The van der Waals surface area contributed by atoms with E-state index in [1.54, 1.807) is 24.3 Å². The molecule has 7 nitrogen and oxygen atoms in total. The molecule has 0 unspecified atom stereocenters. The quantitative estimate of drug-likeness (QED) is 0.554. The minimum Gasteiger partial charge on any atom is -0.494 e. The van der Waals surface area contributed by atoms with Gasteiger partial charge in [-0.05, 0) is 68.3 Å². The number of carbonyl (C=O) groups excluding carboxylic acids is 1. The molecule has 2 aromatic rings. The topological polar surface area (TPSA) is 93.7 Å². The SMILES string of the molecule is CCOc1ccc(S(=O)(=O)NCCNC(=O)COc2cc(C)c(Cl)c(C)c2)cc1. The Morgan fingerprint density at radius 2 is 1.62 bits per heavy atom. The number of hydrogen-bond donors (Lipinski definition) is 2. The lowest BCUT2D eigenvalue weighted by Crippen LogP contribution is -2.36. The first kappa shape index (κ1) is 23.0. The molecule has 29 heavy (non-hydrogen) atoms. The molecule has 0 atom stereocenters. The average molecular weight is 441 g/mol. The van der Waals surface area contributed by atoms with Crippen molar-refractivity contribution in [2.75, 3.05) is 26.3 Å². The maximum Gasteiger partial charge on any atom is 0.257 e. The van der Waals surface area contributed by atoms with Gasteiger partial charge < -0.3 is 14.8 Å². The fraction of sp³-hybridized carbons (Fsp3) is 0.350. The highest BCUT2D eigenvalue weighted by Gasteiger charge is 2.13. The smallest absolute Gasteiger partial charge is 0.257 e. The third-order valence-corrected chi connectivity index (χ3v) is 6.04. The van der Waals surface area contributed by atoms with Crippen molar-refractivity contribution in [2.45, 2.75) is 25.7 Å². The van der Waals surface area contributed by atoms with Crippen LogP contribution < -0.4 is 19.5 Å². The number of benzene rings is 2. The lowest BCUT2D eigenvalue weighted by Gasteiger charge is -2.11. The van der Waals surface area contributed by atoms with Gasteiger partial charge in [0, 0.05) is 18.1 Å². The standard InChI is InChI=1S/C20H25ClN2O5S/c1-4-27-16-5-7-18(8-6-16)29(25,26)23-10-9-22-19(24)13-28-17-11-14(2)20(21)15(3)12-17/h5-8,11-12,23H,4,9-10,13H2,1-3H3,(H,22,24). The zero-order valence-electron chi connectivity index (χ0n) is 16.6. The maximum atomic E-state index is 12.2. The Bertz CT molecular complexity index is 923. The van der Waals surface area contributed by atoms with E-state index < -0.39 is 10.0 Å². The summed E-state index contributed by atoms with van der Waals surface area (Å²) < 4.78 is 37.7. The molecule has 0 saturated carbocycles. The van der Waals surface area contributed by atoms with E-state index in [0.717, 1.165) is 11.1 Å². The fourth-order valence-electron chi connectivity index (χ4n) is 2.54. The van der Waals surface area contributed by atoms with Gasteiger partial charge in [0.2, 0.25) is 10.0 Å². The lowest BCUT2D eigenvalue weighted by molar-refractivity contribution is -0.123. The molecule has 0 heterocycles. The summed E-state index contributed by atoms with van der Waals surface area (Å²) in [6.45, 7) is 6.09. The van der Waals surface area contributed by atoms with Crippen LogP contribution in [0.2, 0.25) is 5.02 Å². The Morgan fingerprint density at radius 3 is 2.21 bits per heavy atom. The first-order chi connectivity index (χ1) is 13.7. The Morgan fingerprint density at radius 1 is 1.00 bits per heavy atom. The molecule has 0 aliphatic rings. The van der Waals surface area contributed by atoms with Crippen molar-refractivity contribution in [3.8, 4) is 11.5 Å². The van der Waals surface area contributed by atoms with Gasteiger partial charge >= 0.3 is 0 Å². The first-order valence-electron chi connectivity index (χ1n) is 9.11. The summed E-state index contributed by atoms with van der Waals surface area (Å²) in [6, 6.07) is 9.64. The largest absolute Gasteiger partial charge is 0.494 e. The molecule has 1 amide bonds. The summed E-state index contributed by atoms with van der Waals surface area (Å²) in [5.41, 5.74) is 1.73. The summed E-state index contributed by atoms with van der Waals surface area (Å²) in [4.78, 5) is 12.0. The second-order valence-corrected chi connectivity index (χ2v) is 8.46. The fourth-order valence-corrected chi connectivity index (χ4v) is 3.68. The molecule has 0 fully saturated rings. The van der Waals surface area contributed by atoms with Crippen molar-refractivity contribution in [1.29, 1.82) is 0 Å². The van der Waals surface area contributed by atoms with Crippen LogP contribution in [0.3, 0.4) is 0 Å². The van der Waals surface area contributed by atoms with E-state index in [2.05, 4.69) is 10.0 Å². The minimum atomic E-state index is -3.66. The van der Waals surface area contributed by atoms with Crippen molar-refractivity contribution in [3.05, 3.63) is 52.5 Å². The van der Waals surface area contributed by atoms with Gasteiger partial charge in [-0.3, -0.25) is 4.79 Å². The number of aryl methyl sites for hydroxylation is 2. The summed E-state index contributed by atoms with van der Waals surface area (Å²) in [5, 5.41) is 3.27. The van der Waals surface area contributed by atoms with Crippen LogP contribution >= 0.6 is 11.6 Å². The van der Waals surface area contributed by atoms with E-state index in [4.69, 9.17) is 21.1 Å². The predicted molar refractivity (Wildman–Crippen MR) is 112 cm³/mol. The van der Waals surface area contributed by atoms with Crippen molar-refractivity contribution < 1.29 is 22.7 Å². The second kappa shape index (κ2) is 10.5. The van der Waals surface area contributed by atoms with Gasteiger partial charge in [0.15, 0.2) is 6.61 Å². The molecule has 2 N–H and O–H groups in total. The van der Waals surface area contributed by atoms with Gasteiger partial charge in [0.25, 0.3) is 5.91 Å². The van der Waals surface area contributed by atoms with Crippen molar-refractivity contribution in [1.82, 2.24) is 10.0 Å². The monoisotopic (exact) mass is 440 g/mol. The van der Waals surface area contributed by atoms with E-state index in [0.29, 0.717) is 23.1 Å². The van der Waals surface area contributed by atoms with Gasteiger partial charge in [0.1, 0.15) is 11.5 Å². The molecular weight excluding hydrogens is 416 g/mol. The minimum absolute atomic E-state index is 0.0560. The molecule has 158 valence electrons. The van der Waals surface area contributed by atoms with Crippen molar-refractivity contribution in [3.63, 3.8) is 0 Å². The number of rotatable bonds is 10. The Labute approximate surface area is 176 Å². The molecule has 0 spiro atoms. The third-order valence-electron chi connectivity index (χ3n) is 3.96. The number of sulfonamides is 1. The number of halogens is 1. The molecule has 0 aromatic heterocycles. The van der Waals surface area contributed by atoms with E-state index >= 15 is 0 Å². The average Bonchev–Trinajstić information content (AvgIpc) is 2.68. The van der Waals surface area contributed by atoms with Gasteiger partial charge in [0.05, 0.1) is 11.5 Å². The van der Waals surface area contributed by atoms with Gasteiger partial charge in [-0.2, -0.15) is 0 Å². The number of hydrogen-bond acceptors (Lipinski definition) is 5. The summed E-state index contributed by atoms with van der Waals surface area (Å²) in [6.07, 6.45) is 0. The molecule has 0 radical (unpaired) electrons. The second-order valence-electron chi connectivity index (χ2n) is 6.31. The number of nitrogens with one attached hydrogen (secondary N) is 2. The molecule has 0 aliphatic carbocycles. The van der Waals surface area contributed by atoms with E-state index in [9.17, 15) is 13.2 Å².